The summed E-state index contributed by atoms with van der Waals surface area (Å²) in [5.41, 5.74) is -0.277. The number of aliphatic imine (C=N–C) groups is 2. The van der Waals surface area contributed by atoms with Gasteiger partial charge in [0.1, 0.15) is 38.9 Å². The van der Waals surface area contributed by atoms with Crippen LogP contribution in [0, 0.1) is 30.3 Å². The van der Waals surface area contributed by atoms with Crippen molar-refractivity contribution in [3.05, 3.63) is 107 Å². The Balaban J connectivity index is 1.68. The maximum Gasteiger partial charge on any atom is 0.499 e. The Morgan fingerprint density at radius 2 is 1.27 bits per heavy atom. The zero-order chi connectivity index (χ0) is 28.3. The van der Waals surface area contributed by atoms with Crippen LogP contribution in [-0.2, 0) is 0 Å². The SMILES string of the molecule is O=[N+]([O-])c1cccc2c1C1=NC2=Nc2c3cccc([N+](=O)[O-])c3c3n2B(Cl)n2c(c4cccc([N+](=O)[O-])c4c2=N1)=N3. The fraction of sp³-hybridized carbons (Fsp3) is 0. The predicted octanol–water partition coefficient (Wildman–Crippen LogP) is 3.68. The first-order chi connectivity index (χ1) is 19.8. The van der Waals surface area contributed by atoms with E-state index in [1.807, 2.05) is 0 Å². The molecule has 0 saturated heterocycles. The Hall–Kier alpha value is -5.77. The molecule has 0 spiro atoms. The minimum atomic E-state index is -1.18. The van der Waals surface area contributed by atoms with Crippen LogP contribution >= 0.6 is 11.5 Å². The van der Waals surface area contributed by atoms with Crippen molar-refractivity contribution in [2.45, 2.75) is 0 Å². The minimum absolute atomic E-state index is 0.000840. The predicted molar refractivity (Wildman–Crippen MR) is 147 cm³/mol. The van der Waals surface area contributed by atoms with Gasteiger partial charge in [-0.25, -0.2) is 20.0 Å². The highest BCUT2D eigenvalue weighted by atomic mass is 35.5. The van der Waals surface area contributed by atoms with Gasteiger partial charge in [-0.05, 0) is 6.07 Å². The number of benzene rings is 3. The van der Waals surface area contributed by atoms with Gasteiger partial charge in [-0.2, -0.15) is 0 Å². The van der Waals surface area contributed by atoms with Crippen LogP contribution < -0.4 is 11.0 Å². The molecule has 3 aromatic carbocycles. The number of fused-ring (bicyclic) bond motifs is 10. The molecule has 0 atom stereocenters. The van der Waals surface area contributed by atoms with Gasteiger partial charge in [-0.3, -0.25) is 30.3 Å². The zero-order valence-corrected chi connectivity index (χ0v) is 20.9. The third-order valence-electron chi connectivity index (χ3n) is 7.30. The summed E-state index contributed by atoms with van der Waals surface area (Å²) in [6.07, 6.45) is -1.18. The number of nitro benzene ring substituents is 3. The number of hydrogen-bond acceptors (Lipinski definition) is 10. The molecule has 15 nitrogen and oxygen atoms in total. The number of amidine groups is 2. The summed E-state index contributed by atoms with van der Waals surface area (Å²) >= 11 is 7.09. The molecule has 3 aliphatic rings. The Bertz CT molecular complexity index is 2340. The van der Waals surface area contributed by atoms with Crippen LogP contribution in [0.3, 0.4) is 0 Å². The first-order valence-corrected chi connectivity index (χ1v) is 12.4. The molecule has 0 aliphatic carbocycles. The standard InChI is InChI=1S/C24H9BClN9O6/c26-25-31-21-11-5-2-9-15(35(40)41)18(11)24(31)30-22-12-6-3-8-14(34(38)39)17(12)23(32(22)25)29-20-16-10(19(27-20)28-21)4-1-7-13(16)33(36)37/h1-9H. The number of non-ortho nitro benzene ring substituents is 2. The van der Waals surface area contributed by atoms with Crippen molar-refractivity contribution in [2.24, 2.45) is 20.0 Å². The Morgan fingerprint density at radius 1 is 0.634 bits per heavy atom. The van der Waals surface area contributed by atoms with Gasteiger partial charge in [-0.15, -0.1) is 11.5 Å². The van der Waals surface area contributed by atoms with Gasteiger partial charge >= 0.3 is 6.40 Å². The fourth-order valence-electron chi connectivity index (χ4n) is 5.69. The molecule has 196 valence electrons. The van der Waals surface area contributed by atoms with Crippen molar-refractivity contribution in [1.29, 1.82) is 0 Å². The third kappa shape index (κ3) is 2.82. The second-order valence-corrected chi connectivity index (χ2v) is 9.70. The summed E-state index contributed by atoms with van der Waals surface area (Å²) in [6.45, 7) is 0. The highest BCUT2D eigenvalue weighted by Crippen LogP contribution is 2.45. The molecule has 0 amide bonds. The van der Waals surface area contributed by atoms with Crippen molar-refractivity contribution in [1.82, 2.24) is 8.96 Å². The average Bonchev–Trinajstić information content (AvgIpc) is 3.58. The van der Waals surface area contributed by atoms with E-state index in [4.69, 9.17) is 21.4 Å². The van der Waals surface area contributed by atoms with Crippen LogP contribution in [0.4, 0.5) is 28.7 Å². The molecule has 0 radical (unpaired) electrons. The van der Waals surface area contributed by atoms with E-state index in [2.05, 4.69) is 9.98 Å². The van der Waals surface area contributed by atoms with Crippen molar-refractivity contribution < 1.29 is 14.8 Å². The van der Waals surface area contributed by atoms with Gasteiger partial charge in [0.25, 0.3) is 17.1 Å². The molecular weight excluding hydrogens is 557 g/mol. The lowest BCUT2D eigenvalue weighted by atomic mass is 10.1. The number of halogens is 1. The molecule has 5 aromatic rings. The van der Waals surface area contributed by atoms with Crippen LogP contribution in [-0.4, -0.2) is 41.8 Å². The lowest BCUT2D eigenvalue weighted by Gasteiger charge is -2.18. The quantitative estimate of drug-likeness (QED) is 0.182. The molecule has 0 unspecified atom stereocenters. The Kier molecular flexibility index (Phi) is 4.33. The minimum Gasteiger partial charge on any atom is -0.319 e. The smallest absolute Gasteiger partial charge is 0.319 e. The lowest BCUT2D eigenvalue weighted by Crippen LogP contribution is -2.45. The van der Waals surface area contributed by atoms with E-state index in [1.54, 1.807) is 18.2 Å². The average molecular weight is 566 g/mol. The van der Waals surface area contributed by atoms with Gasteiger partial charge in [0, 0.05) is 34.5 Å². The topological polar surface area (TPSA) is 189 Å². The first kappa shape index (κ1) is 23.2. The first-order valence-electron chi connectivity index (χ1n) is 11.9. The van der Waals surface area contributed by atoms with Crippen molar-refractivity contribution in [3.63, 3.8) is 0 Å². The number of nitrogens with zero attached hydrogens (tertiary/aromatic N) is 9. The van der Waals surface area contributed by atoms with Crippen LogP contribution in [0.1, 0.15) is 11.1 Å². The second-order valence-electron chi connectivity index (χ2n) is 9.31. The maximum absolute atomic E-state index is 12.1. The van der Waals surface area contributed by atoms with Gasteiger partial charge < -0.3 is 8.96 Å². The van der Waals surface area contributed by atoms with E-state index < -0.39 is 21.2 Å². The van der Waals surface area contributed by atoms with Gasteiger partial charge in [-0.1, -0.05) is 30.3 Å². The molecule has 5 heterocycles. The maximum atomic E-state index is 12.1. The highest BCUT2D eigenvalue weighted by molar-refractivity contribution is 7.05. The fourth-order valence-corrected chi connectivity index (χ4v) is 6.06. The van der Waals surface area contributed by atoms with E-state index in [-0.39, 0.29) is 67.7 Å². The summed E-state index contributed by atoms with van der Waals surface area (Å²) in [4.78, 5) is 53.2. The normalized spacial score (nSPS) is 14.2. The largest absolute Gasteiger partial charge is 0.499 e. The number of rotatable bonds is 3. The van der Waals surface area contributed by atoms with Crippen molar-refractivity contribution in [2.75, 3.05) is 0 Å². The molecule has 4 bridgehead atoms. The second kappa shape index (κ2) is 7.67. The summed E-state index contributed by atoms with van der Waals surface area (Å²) in [5.74, 6) is 0.269. The van der Waals surface area contributed by atoms with E-state index in [0.717, 1.165) is 0 Å². The van der Waals surface area contributed by atoms with Gasteiger partial charge in [0.15, 0.2) is 11.7 Å². The monoisotopic (exact) mass is 565 g/mol. The molecule has 8 rings (SSSR count). The molecule has 2 aromatic heterocycles. The lowest BCUT2D eigenvalue weighted by molar-refractivity contribution is -0.385. The van der Waals surface area contributed by atoms with E-state index in [0.29, 0.717) is 16.3 Å². The van der Waals surface area contributed by atoms with Gasteiger partial charge in [0.2, 0.25) is 0 Å². The zero-order valence-electron chi connectivity index (χ0n) is 20.1. The van der Waals surface area contributed by atoms with Gasteiger partial charge in [0.05, 0.1) is 14.8 Å². The summed E-state index contributed by atoms with van der Waals surface area (Å²) < 4.78 is 2.91. The third-order valence-corrected chi connectivity index (χ3v) is 7.69. The highest BCUT2D eigenvalue weighted by Gasteiger charge is 2.39. The molecule has 41 heavy (non-hydrogen) atoms. The number of aromatic nitrogens is 2. The van der Waals surface area contributed by atoms with Crippen LogP contribution in [0.5, 0.6) is 0 Å². The van der Waals surface area contributed by atoms with Crippen LogP contribution in [0.25, 0.3) is 21.5 Å². The molecule has 0 fully saturated rings. The molecule has 17 heteroatoms. The molecular formula is C24H9BClN9O6. The van der Waals surface area contributed by atoms with Crippen LogP contribution in [0.2, 0.25) is 0 Å². The van der Waals surface area contributed by atoms with Crippen LogP contribution in [0.15, 0.2) is 74.6 Å². The molecule has 0 saturated carbocycles. The summed E-state index contributed by atoms with van der Waals surface area (Å²) in [7, 11) is 0. The van der Waals surface area contributed by atoms with Crippen molar-refractivity contribution >= 4 is 79.8 Å². The van der Waals surface area contributed by atoms with E-state index >= 15 is 0 Å². The van der Waals surface area contributed by atoms with E-state index in [1.165, 1.54) is 45.4 Å². The van der Waals surface area contributed by atoms with Crippen molar-refractivity contribution in [3.8, 4) is 0 Å². The van der Waals surface area contributed by atoms with E-state index in [9.17, 15) is 30.3 Å². The molecule has 0 N–H and O–H groups in total. The Morgan fingerprint density at radius 3 is 1.98 bits per heavy atom. The Labute approximate surface area is 230 Å². The molecule has 3 aliphatic heterocycles. The number of hydrogen-bond donors (Lipinski definition) is 0. The summed E-state index contributed by atoms with van der Waals surface area (Å²) in [6, 6.07) is 13.2. The number of nitro groups is 3. The summed E-state index contributed by atoms with van der Waals surface area (Å²) in [5, 5.41) is 37.2.